The maximum Gasteiger partial charge on any atom is 0.137 e. The van der Waals surface area contributed by atoms with Crippen molar-refractivity contribution >= 4 is 121 Å². The van der Waals surface area contributed by atoms with Gasteiger partial charge in [-0.25, -0.2) is 0 Å². The van der Waals surface area contributed by atoms with Crippen LogP contribution in [0.25, 0.3) is 110 Å². The molecule has 0 saturated heterocycles. The van der Waals surface area contributed by atoms with Crippen molar-refractivity contribution in [3.63, 3.8) is 0 Å². The topological polar surface area (TPSA) is 45.9 Å². The van der Waals surface area contributed by atoms with Gasteiger partial charge in [-0.2, -0.15) is 0 Å². The van der Waals surface area contributed by atoms with Gasteiger partial charge in [-0.1, -0.05) is 125 Å². The summed E-state index contributed by atoms with van der Waals surface area (Å²) in [4.78, 5) is 4.78. The summed E-state index contributed by atoms with van der Waals surface area (Å²) in [7, 11) is 0. The third-order valence-electron chi connectivity index (χ3n) is 18.6. The molecule has 0 bridgehead atoms. The fourth-order valence-electron chi connectivity index (χ4n) is 15.1. The molecule has 0 radical (unpaired) electrons. The first-order chi connectivity index (χ1) is 40.2. The number of fused-ring (bicyclic) bond motifs is 19. The van der Waals surface area contributed by atoms with Gasteiger partial charge in [0.1, 0.15) is 33.5 Å². The second kappa shape index (κ2) is 16.9. The Kier molecular flexibility index (Phi) is 9.74. The Morgan fingerprint density at radius 2 is 0.590 bits per heavy atom. The Balaban J connectivity index is 0.753. The molecule has 0 atom stereocenters. The van der Waals surface area contributed by atoms with E-state index >= 15 is 0 Å². The molecule has 398 valence electrons. The molecule has 5 heteroatoms. The summed E-state index contributed by atoms with van der Waals surface area (Å²) in [5, 5.41) is 11.3. The van der Waals surface area contributed by atoms with E-state index < -0.39 is 0 Å². The molecule has 0 aliphatic heterocycles. The van der Waals surface area contributed by atoms with Crippen LogP contribution in [0, 0.1) is 27.7 Å². The van der Waals surface area contributed by atoms with E-state index in [0.717, 1.165) is 99.9 Å². The molecule has 0 fully saturated rings. The lowest BCUT2D eigenvalue weighted by Gasteiger charge is -2.29. The van der Waals surface area contributed by atoms with Gasteiger partial charge in [0.2, 0.25) is 0 Å². The minimum absolute atomic E-state index is 0.199. The summed E-state index contributed by atoms with van der Waals surface area (Å²) in [5.74, 6) is 0. The minimum atomic E-state index is -0.199. The van der Waals surface area contributed by atoms with Crippen LogP contribution in [-0.4, -0.2) is 0 Å². The van der Waals surface area contributed by atoms with Crippen molar-refractivity contribution in [1.82, 2.24) is 0 Å². The van der Waals surface area contributed by atoms with Crippen LogP contribution < -0.4 is 9.80 Å². The van der Waals surface area contributed by atoms with E-state index in [2.05, 4.69) is 271 Å². The molecule has 3 aromatic heterocycles. The first-order valence-electron chi connectivity index (χ1n) is 29.0. The summed E-state index contributed by atoms with van der Waals surface area (Å²) in [6.07, 6.45) is 0. The average molecular weight is 1070 g/mol. The van der Waals surface area contributed by atoms with Gasteiger partial charge in [-0.05, 0) is 213 Å². The molecule has 2 aliphatic rings. The maximum absolute atomic E-state index is 6.91. The van der Waals surface area contributed by atoms with E-state index in [0.29, 0.717) is 0 Å². The van der Waals surface area contributed by atoms with Gasteiger partial charge in [0, 0.05) is 89.4 Å². The van der Waals surface area contributed by atoms with Gasteiger partial charge in [0.25, 0.3) is 0 Å². The number of anilines is 6. The third-order valence-corrected chi connectivity index (χ3v) is 18.6. The summed E-state index contributed by atoms with van der Waals surface area (Å²) in [6.45, 7) is 18.2. The van der Waals surface area contributed by atoms with Crippen molar-refractivity contribution in [3.05, 3.63) is 251 Å². The molecular formula is C78H58N2O3. The summed E-state index contributed by atoms with van der Waals surface area (Å²) >= 11 is 0. The van der Waals surface area contributed by atoms with Crippen LogP contribution in [0.5, 0.6) is 0 Å². The summed E-state index contributed by atoms with van der Waals surface area (Å²) in [5.41, 5.74) is 26.5. The zero-order valence-electron chi connectivity index (χ0n) is 47.7. The lowest BCUT2D eigenvalue weighted by molar-refractivity contribution is 0.662. The molecular weight excluding hydrogens is 1010 g/mol. The predicted octanol–water partition coefficient (Wildman–Crippen LogP) is 22.5. The number of aryl methyl sites for hydroxylation is 4. The van der Waals surface area contributed by atoms with Gasteiger partial charge in [0.15, 0.2) is 0 Å². The van der Waals surface area contributed by atoms with Crippen molar-refractivity contribution in [2.45, 2.75) is 66.2 Å². The number of rotatable bonds is 6. The molecule has 83 heavy (non-hydrogen) atoms. The fraction of sp³-hybridized carbons (Fsp3) is 0.128. The van der Waals surface area contributed by atoms with Crippen molar-refractivity contribution in [1.29, 1.82) is 0 Å². The summed E-state index contributed by atoms with van der Waals surface area (Å²) in [6, 6.07) is 76.3. The standard InChI is InChI=1S/C78H58N2O3/c1-43-29-44(2)32-53(31-43)79(49-19-25-57-61-23-17-47-13-9-11-15-55(47)75(61)77(5,6)67(57)35-49)51-21-27-59-63-39-73-65(41-71(63)81-69(59)37-51)66-42-72-64(40-74(66)83-73)60-28-22-52(38-70(60)82-72)80(54-33-45(3)30-46(4)34-54)50-20-26-58-62-24-18-48-14-10-12-16-56(48)76(62)78(7,8)68(58)36-50/h9-42H,1-8H3. The Morgan fingerprint density at radius 3 is 0.988 bits per heavy atom. The summed E-state index contributed by atoms with van der Waals surface area (Å²) < 4.78 is 20.6. The normalized spacial score (nSPS) is 14.0. The number of benzene rings is 12. The Morgan fingerprint density at radius 1 is 0.265 bits per heavy atom. The van der Waals surface area contributed by atoms with Crippen molar-refractivity contribution in [3.8, 4) is 22.3 Å². The fourth-order valence-corrected chi connectivity index (χ4v) is 15.1. The van der Waals surface area contributed by atoms with Gasteiger partial charge >= 0.3 is 0 Å². The highest BCUT2D eigenvalue weighted by atomic mass is 16.3. The lowest BCUT2D eigenvalue weighted by atomic mass is 9.80. The number of nitrogens with zero attached hydrogens (tertiary/aromatic N) is 2. The molecule has 2 aliphatic carbocycles. The molecule has 3 heterocycles. The van der Waals surface area contributed by atoms with Crippen LogP contribution in [0.2, 0.25) is 0 Å². The zero-order valence-corrected chi connectivity index (χ0v) is 47.7. The average Bonchev–Trinajstić information content (AvgIpc) is 3.43. The van der Waals surface area contributed by atoms with Crippen LogP contribution >= 0.6 is 0 Å². The van der Waals surface area contributed by atoms with E-state index in [9.17, 15) is 0 Å². The largest absolute Gasteiger partial charge is 0.456 e. The highest BCUT2D eigenvalue weighted by Gasteiger charge is 2.39. The SMILES string of the molecule is Cc1cc(C)cc(N(c2ccc3c(c2)C(C)(C)c2c-3ccc3ccccc23)c2ccc3c(c2)oc2cc4c(cc23)oc2cc3c(cc24)oc2cc(N(c4cc(C)cc(C)c4)c4ccc5c(c4)C(C)(C)c4c-5ccc5ccccc45)ccc23)c1. The molecule has 17 rings (SSSR count). The number of hydrogen-bond acceptors (Lipinski definition) is 5. The Hall–Kier alpha value is -9.84. The lowest BCUT2D eigenvalue weighted by Crippen LogP contribution is -2.17. The van der Waals surface area contributed by atoms with E-state index in [1.165, 1.54) is 88.3 Å². The van der Waals surface area contributed by atoms with Gasteiger partial charge in [-0.3, -0.25) is 0 Å². The Bertz CT molecular complexity index is 4980. The quantitative estimate of drug-likeness (QED) is 0.166. The van der Waals surface area contributed by atoms with Crippen LogP contribution in [0.15, 0.2) is 220 Å². The van der Waals surface area contributed by atoms with E-state index in [4.69, 9.17) is 13.3 Å². The maximum atomic E-state index is 6.91. The van der Waals surface area contributed by atoms with E-state index in [-0.39, 0.29) is 10.8 Å². The molecule has 0 unspecified atom stereocenters. The van der Waals surface area contributed by atoms with Gasteiger partial charge in [-0.15, -0.1) is 0 Å². The van der Waals surface area contributed by atoms with E-state index in [1.54, 1.807) is 0 Å². The minimum Gasteiger partial charge on any atom is -0.456 e. The molecule has 0 saturated carbocycles. The van der Waals surface area contributed by atoms with Crippen LogP contribution in [0.1, 0.15) is 72.2 Å². The molecule has 0 N–H and O–H groups in total. The van der Waals surface area contributed by atoms with Crippen LogP contribution in [-0.2, 0) is 10.8 Å². The van der Waals surface area contributed by atoms with Crippen molar-refractivity contribution in [2.75, 3.05) is 9.80 Å². The van der Waals surface area contributed by atoms with Crippen molar-refractivity contribution < 1.29 is 13.3 Å². The first kappa shape index (κ1) is 47.9. The highest BCUT2D eigenvalue weighted by molar-refractivity contribution is 6.19. The number of furan rings is 3. The molecule has 0 amide bonds. The van der Waals surface area contributed by atoms with Gasteiger partial charge < -0.3 is 23.1 Å². The highest BCUT2D eigenvalue weighted by Crippen LogP contribution is 2.55. The second-order valence-electron chi connectivity index (χ2n) is 24.8. The van der Waals surface area contributed by atoms with Crippen LogP contribution in [0.4, 0.5) is 34.1 Å². The van der Waals surface area contributed by atoms with E-state index in [1.807, 2.05) is 0 Å². The Labute approximate surface area is 481 Å². The third kappa shape index (κ3) is 6.94. The monoisotopic (exact) mass is 1070 g/mol. The molecule has 0 spiro atoms. The van der Waals surface area contributed by atoms with Crippen molar-refractivity contribution in [2.24, 2.45) is 0 Å². The smallest absolute Gasteiger partial charge is 0.137 e. The molecule has 15 aromatic rings. The van der Waals surface area contributed by atoms with Gasteiger partial charge in [0.05, 0.1) is 0 Å². The number of hydrogen-bond donors (Lipinski definition) is 0. The zero-order chi connectivity index (χ0) is 55.9. The molecule has 12 aromatic carbocycles. The molecule has 5 nitrogen and oxygen atoms in total. The van der Waals surface area contributed by atoms with Crippen LogP contribution in [0.3, 0.4) is 0 Å². The predicted molar refractivity (Wildman–Crippen MR) is 347 cm³/mol. The second-order valence-corrected chi connectivity index (χ2v) is 24.8. The first-order valence-corrected chi connectivity index (χ1v) is 29.0.